The van der Waals surface area contributed by atoms with E-state index in [0.717, 1.165) is 41.3 Å². The van der Waals surface area contributed by atoms with Gasteiger partial charge in [-0.2, -0.15) is 0 Å². The number of aliphatic hydroxyl groups is 1. The molecule has 192 valence electrons. The summed E-state index contributed by atoms with van der Waals surface area (Å²) >= 11 is 1.45. The number of benzene rings is 2. The average molecular weight is 510 g/mol. The summed E-state index contributed by atoms with van der Waals surface area (Å²) < 4.78 is 11.6. The molecule has 0 unspecified atom stereocenters. The van der Waals surface area contributed by atoms with Crippen LogP contribution in [0.15, 0.2) is 47.8 Å². The minimum Gasteiger partial charge on any atom is -0.493 e. The molecule has 2 aromatic carbocycles. The summed E-state index contributed by atoms with van der Waals surface area (Å²) in [6, 6.07) is 13.6. The average Bonchev–Trinajstić information content (AvgIpc) is 3.38. The molecule has 1 aliphatic heterocycles. The number of rotatable bonds is 11. The van der Waals surface area contributed by atoms with Crippen LogP contribution >= 0.6 is 11.3 Å². The van der Waals surface area contributed by atoms with Crippen molar-refractivity contribution in [2.75, 3.05) is 33.3 Å². The predicted octanol–water partition coefficient (Wildman–Crippen LogP) is 4.66. The number of ether oxygens (including phenoxy) is 2. The van der Waals surface area contributed by atoms with Gasteiger partial charge in [0, 0.05) is 30.6 Å². The van der Waals surface area contributed by atoms with Crippen molar-refractivity contribution in [2.24, 2.45) is 0 Å². The molecular weight excluding hydrogens is 474 g/mol. The Morgan fingerprint density at radius 2 is 1.94 bits per heavy atom. The van der Waals surface area contributed by atoms with Crippen molar-refractivity contribution in [3.8, 4) is 11.5 Å². The van der Waals surface area contributed by atoms with Crippen LogP contribution in [-0.2, 0) is 19.8 Å². The molecule has 7 nitrogen and oxygen atoms in total. The number of methoxy groups -OCH3 is 1. The first-order valence-electron chi connectivity index (χ1n) is 12.5. The van der Waals surface area contributed by atoms with Gasteiger partial charge in [-0.15, -0.1) is 11.3 Å². The number of thiazole rings is 1. The number of carbonyl (C=O) groups excluding carboxylic acids is 1. The zero-order valence-corrected chi connectivity index (χ0v) is 21.9. The van der Waals surface area contributed by atoms with Gasteiger partial charge in [0.25, 0.3) is 5.91 Å². The van der Waals surface area contributed by atoms with Gasteiger partial charge in [-0.25, -0.2) is 4.98 Å². The molecule has 0 bridgehead atoms. The largest absolute Gasteiger partial charge is 0.493 e. The maximum absolute atomic E-state index is 13.6. The van der Waals surface area contributed by atoms with Crippen LogP contribution in [0.4, 0.5) is 0 Å². The highest BCUT2D eigenvalue weighted by Gasteiger charge is 2.20. The van der Waals surface area contributed by atoms with E-state index in [4.69, 9.17) is 9.47 Å². The van der Waals surface area contributed by atoms with E-state index in [9.17, 15) is 9.90 Å². The van der Waals surface area contributed by atoms with Gasteiger partial charge in [-0.05, 0) is 62.2 Å². The lowest BCUT2D eigenvalue weighted by Gasteiger charge is -2.30. The minimum absolute atomic E-state index is 0.0442. The van der Waals surface area contributed by atoms with E-state index in [1.807, 2.05) is 59.7 Å². The van der Waals surface area contributed by atoms with Crippen molar-refractivity contribution in [1.82, 2.24) is 14.8 Å². The van der Waals surface area contributed by atoms with Crippen LogP contribution in [0.5, 0.6) is 11.5 Å². The lowest BCUT2D eigenvalue weighted by molar-refractivity contribution is 0.0714. The van der Waals surface area contributed by atoms with E-state index in [1.165, 1.54) is 30.6 Å². The van der Waals surface area contributed by atoms with Gasteiger partial charge in [-0.1, -0.05) is 30.7 Å². The van der Waals surface area contributed by atoms with Gasteiger partial charge in [0.2, 0.25) is 0 Å². The molecule has 0 radical (unpaired) electrons. The maximum atomic E-state index is 13.6. The standard InChI is InChI=1S/C28H35N3O4S/c1-21-8-4-5-9-24(21)28(33)31(15-14-30-12-6-3-7-13-30)17-22-10-11-25(34-2)26(16-22)35-19-27-29-23(18-32)20-36-27/h4-5,8-11,16,20,32H,3,6-7,12-15,17-19H2,1-2H3. The van der Waals surface area contributed by atoms with E-state index in [2.05, 4.69) is 9.88 Å². The number of hydrogen-bond acceptors (Lipinski definition) is 7. The van der Waals surface area contributed by atoms with Crippen molar-refractivity contribution in [2.45, 2.75) is 45.9 Å². The highest BCUT2D eigenvalue weighted by molar-refractivity contribution is 7.09. The third-order valence-corrected chi connectivity index (χ3v) is 7.38. The fourth-order valence-electron chi connectivity index (χ4n) is 4.46. The molecule has 1 amide bonds. The summed E-state index contributed by atoms with van der Waals surface area (Å²) in [5.74, 6) is 1.28. The van der Waals surface area contributed by atoms with Gasteiger partial charge in [0.05, 0.1) is 19.4 Å². The van der Waals surface area contributed by atoms with Crippen LogP contribution in [0.2, 0.25) is 0 Å². The van der Waals surface area contributed by atoms with E-state index in [1.54, 1.807) is 7.11 Å². The highest BCUT2D eigenvalue weighted by atomic mass is 32.1. The zero-order chi connectivity index (χ0) is 25.3. The quantitative estimate of drug-likeness (QED) is 0.405. The Morgan fingerprint density at radius 3 is 2.67 bits per heavy atom. The van der Waals surface area contributed by atoms with Crippen molar-refractivity contribution < 1.29 is 19.4 Å². The van der Waals surface area contributed by atoms with Crippen molar-refractivity contribution >= 4 is 17.2 Å². The molecule has 3 aromatic rings. The summed E-state index contributed by atoms with van der Waals surface area (Å²) in [6.07, 6.45) is 3.74. The number of amides is 1. The number of hydrogen-bond donors (Lipinski definition) is 1. The molecule has 0 aliphatic carbocycles. The first-order valence-corrected chi connectivity index (χ1v) is 13.4. The van der Waals surface area contributed by atoms with Crippen LogP contribution in [0.3, 0.4) is 0 Å². The second-order valence-corrected chi connectivity index (χ2v) is 10.1. The molecule has 0 saturated carbocycles. The molecule has 1 N–H and O–H groups in total. The summed E-state index contributed by atoms with van der Waals surface area (Å²) in [6.45, 7) is 6.39. The number of aliphatic hydroxyl groups excluding tert-OH is 1. The molecule has 2 heterocycles. The van der Waals surface area contributed by atoms with Gasteiger partial charge in [-0.3, -0.25) is 4.79 Å². The minimum atomic E-state index is -0.0858. The summed E-state index contributed by atoms with van der Waals surface area (Å²) in [4.78, 5) is 22.4. The number of piperidine rings is 1. The van der Waals surface area contributed by atoms with Crippen LogP contribution in [0, 0.1) is 6.92 Å². The Balaban J connectivity index is 1.51. The second-order valence-electron chi connectivity index (χ2n) is 9.11. The van der Waals surface area contributed by atoms with Gasteiger partial charge >= 0.3 is 0 Å². The molecule has 36 heavy (non-hydrogen) atoms. The Bertz CT molecular complexity index is 1140. The normalized spacial score (nSPS) is 14.0. The molecule has 1 aliphatic rings. The molecule has 1 fully saturated rings. The fraction of sp³-hybridized carbons (Fsp3) is 0.429. The summed E-state index contributed by atoms with van der Waals surface area (Å²) in [5, 5.41) is 11.9. The summed E-state index contributed by atoms with van der Waals surface area (Å²) in [7, 11) is 1.61. The van der Waals surface area contributed by atoms with Crippen molar-refractivity contribution in [3.63, 3.8) is 0 Å². The number of aromatic nitrogens is 1. The highest BCUT2D eigenvalue weighted by Crippen LogP contribution is 2.30. The third-order valence-electron chi connectivity index (χ3n) is 6.51. The topological polar surface area (TPSA) is 75.1 Å². The summed E-state index contributed by atoms with van der Waals surface area (Å²) in [5.41, 5.74) is 3.33. The van der Waals surface area contributed by atoms with Gasteiger partial charge in [0.1, 0.15) is 11.6 Å². The van der Waals surface area contributed by atoms with Crippen LogP contribution in [0.25, 0.3) is 0 Å². The smallest absolute Gasteiger partial charge is 0.254 e. The number of carbonyl (C=O) groups is 1. The molecule has 8 heteroatoms. The second kappa shape index (κ2) is 12.9. The Hall–Kier alpha value is -2.94. The van der Waals surface area contributed by atoms with Crippen LogP contribution in [-0.4, -0.2) is 59.1 Å². The molecule has 4 rings (SSSR count). The van der Waals surface area contributed by atoms with E-state index >= 15 is 0 Å². The first kappa shape index (κ1) is 26.1. The Morgan fingerprint density at radius 1 is 1.14 bits per heavy atom. The van der Waals surface area contributed by atoms with Crippen LogP contribution < -0.4 is 9.47 Å². The SMILES string of the molecule is COc1ccc(CN(CCN2CCCCC2)C(=O)c2ccccc2C)cc1OCc1nc(CO)cs1. The number of nitrogens with zero attached hydrogens (tertiary/aromatic N) is 3. The monoisotopic (exact) mass is 509 g/mol. The lowest BCUT2D eigenvalue weighted by atomic mass is 10.1. The number of likely N-dealkylation sites (tertiary alicyclic amines) is 1. The van der Waals surface area contributed by atoms with Crippen LogP contribution in [0.1, 0.15) is 51.4 Å². The Kier molecular flexibility index (Phi) is 9.33. The predicted molar refractivity (Wildman–Crippen MR) is 142 cm³/mol. The number of aryl methyl sites for hydroxylation is 1. The van der Waals surface area contributed by atoms with E-state index in [0.29, 0.717) is 30.3 Å². The van der Waals surface area contributed by atoms with Crippen molar-refractivity contribution in [1.29, 1.82) is 0 Å². The molecular formula is C28H35N3O4S. The zero-order valence-electron chi connectivity index (χ0n) is 21.1. The van der Waals surface area contributed by atoms with E-state index in [-0.39, 0.29) is 19.1 Å². The fourth-order valence-corrected chi connectivity index (χ4v) is 5.16. The van der Waals surface area contributed by atoms with Gasteiger partial charge < -0.3 is 24.4 Å². The van der Waals surface area contributed by atoms with Gasteiger partial charge in [0.15, 0.2) is 11.5 Å². The van der Waals surface area contributed by atoms with E-state index < -0.39 is 0 Å². The molecule has 0 atom stereocenters. The molecule has 0 spiro atoms. The third kappa shape index (κ3) is 6.84. The first-order chi connectivity index (χ1) is 17.6. The lowest BCUT2D eigenvalue weighted by Crippen LogP contribution is -2.40. The Labute approximate surface area is 217 Å². The maximum Gasteiger partial charge on any atom is 0.254 e. The molecule has 1 aromatic heterocycles. The van der Waals surface area contributed by atoms with Crippen molar-refractivity contribution in [3.05, 3.63) is 75.2 Å². The molecule has 1 saturated heterocycles.